The van der Waals surface area contributed by atoms with Gasteiger partial charge in [0, 0.05) is 10.9 Å². The second kappa shape index (κ2) is 6.34. The third kappa shape index (κ3) is 3.17. The average molecular weight is 329 g/mol. The summed E-state index contributed by atoms with van der Waals surface area (Å²) in [5.74, 6) is -0.667. The van der Waals surface area contributed by atoms with Crippen molar-refractivity contribution in [3.05, 3.63) is 76.7 Å². The Morgan fingerprint density at radius 1 is 1.17 bits per heavy atom. The van der Waals surface area contributed by atoms with E-state index < -0.39 is 6.04 Å². The number of pyridine rings is 1. The van der Waals surface area contributed by atoms with Gasteiger partial charge < -0.3 is 5.32 Å². The lowest BCUT2D eigenvalue weighted by Crippen LogP contribution is -2.27. The summed E-state index contributed by atoms with van der Waals surface area (Å²) in [4.78, 5) is 16.8. The first kappa shape index (κ1) is 15.4. The van der Waals surface area contributed by atoms with Crippen LogP contribution in [0.2, 0.25) is 5.15 Å². The van der Waals surface area contributed by atoms with Gasteiger partial charge in [-0.3, -0.25) is 4.79 Å². The van der Waals surface area contributed by atoms with Crippen LogP contribution in [0, 0.1) is 5.82 Å². The number of carbonyl (C=O) groups is 1. The molecule has 1 heterocycles. The van der Waals surface area contributed by atoms with E-state index in [1.807, 2.05) is 12.1 Å². The number of aromatic nitrogens is 1. The lowest BCUT2D eigenvalue weighted by Gasteiger charge is -2.16. The third-order valence-corrected chi connectivity index (χ3v) is 3.84. The van der Waals surface area contributed by atoms with Crippen LogP contribution < -0.4 is 5.32 Å². The van der Waals surface area contributed by atoms with Crippen molar-refractivity contribution in [2.75, 3.05) is 0 Å². The number of rotatable bonds is 3. The molecule has 2 aromatic carbocycles. The van der Waals surface area contributed by atoms with Gasteiger partial charge in [0.2, 0.25) is 0 Å². The number of para-hydroxylation sites is 1. The molecule has 116 valence electrons. The summed E-state index contributed by atoms with van der Waals surface area (Å²) in [7, 11) is 0. The van der Waals surface area contributed by atoms with Crippen LogP contribution in [0.4, 0.5) is 4.39 Å². The fourth-order valence-electron chi connectivity index (χ4n) is 2.51. The number of amides is 1. The van der Waals surface area contributed by atoms with E-state index in [2.05, 4.69) is 10.3 Å². The SMILES string of the molecule is C[C@@H](NC(=O)c1cc(Cl)nc2ccccc12)c1ccccc1F. The molecule has 0 fully saturated rings. The predicted octanol–water partition coefficient (Wildman–Crippen LogP) is 4.52. The molecule has 0 radical (unpaired) electrons. The van der Waals surface area contributed by atoms with Crippen LogP contribution in [0.1, 0.15) is 28.9 Å². The molecule has 0 aliphatic heterocycles. The standard InChI is InChI=1S/C18H14ClFN2O/c1-11(12-6-2-4-8-15(12)20)21-18(23)14-10-17(19)22-16-9-5-3-7-13(14)16/h2-11H,1H3,(H,21,23)/t11-/m1/s1. The van der Waals surface area contributed by atoms with Crippen molar-refractivity contribution >= 4 is 28.4 Å². The zero-order chi connectivity index (χ0) is 16.4. The summed E-state index contributed by atoms with van der Waals surface area (Å²) in [6, 6.07) is 14.7. The average Bonchev–Trinajstić information content (AvgIpc) is 2.54. The molecular weight excluding hydrogens is 315 g/mol. The quantitative estimate of drug-likeness (QED) is 0.718. The minimum absolute atomic E-state index is 0.243. The molecule has 0 bridgehead atoms. The minimum atomic E-state index is -0.464. The molecule has 0 unspecified atom stereocenters. The number of hydrogen-bond acceptors (Lipinski definition) is 2. The summed E-state index contributed by atoms with van der Waals surface area (Å²) in [6.07, 6.45) is 0. The number of nitrogens with one attached hydrogen (secondary N) is 1. The smallest absolute Gasteiger partial charge is 0.252 e. The highest BCUT2D eigenvalue weighted by molar-refractivity contribution is 6.30. The Morgan fingerprint density at radius 2 is 1.87 bits per heavy atom. The molecule has 23 heavy (non-hydrogen) atoms. The maximum atomic E-state index is 13.8. The summed E-state index contributed by atoms with van der Waals surface area (Å²) in [5.41, 5.74) is 1.50. The van der Waals surface area contributed by atoms with E-state index in [9.17, 15) is 9.18 Å². The summed E-state index contributed by atoms with van der Waals surface area (Å²) >= 11 is 6.00. The van der Waals surface area contributed by atoms with E-state index >= 15 is 0 Å². The van der Waals surface area contributed by atoms with Crippen molar-refractivity contribution in [3.8, 4) is 0 Å². The first-order chi connectivity index (χ1) is 11.1. The summed E-state index contributed by atoms with van der Waals surface area (Å²) in [6.45, 7) is 1.74. The second-order valence-electron chi connectivity index (χ2n) is 5.23. The summed E-state index contributed by atoms with van der Waals surface area (Å²) < 4.78 is 13.8. The second-order valence-corrected chi connectivity index (χ2v) is 5.61. The molecule has 1 N–H and O–H groups in total. The highest BCUT2D eigenvalue weighted by Crippen LogP contribution is 2.22. The van der Waals surface area contributed by atoms with Gasteiger partial charge in [0.15, 0.2) is 0 Å². The fraction of sp³-hybridized carbons (Fsp3) is 0.111. The van der Waals surface area contributed by atoms with Crippen LogP contribution in [-0.4, -0.2) is 10.9 Å². The molecule has 3 rings (SSSR count). The molecule has 3 nitrogen and oxygen atoms in total. The number of nitrogens with zero attached hydrogens (tertiary/aromatic N) is 1. The number of carbonyl (C=O) groups excluding carboxylic acids is 1. The Kier molecular flexibility index (Phi) is 4.26. The predicted molar refractivity (Wildman–Crippen MR) is 89.0 cm³/mol. The molecular formula is C18H14ClFN2O. The van der Waals surface area contributed by atoms with E-state index in [1.165, 1.54) is 12.1 Å². The van der Waals surface area contributed by atoms with Gasteiger partial charge in [-0.05, 0) is 25.1 Å². The van der Waals surface area contributed by atoms with Gasteiger partial charge in [-0.2, -0.15) is 0 Å². The van der Waals surface area contributed by atoms with Gasteiger partial charge in [-0.25, -0.2) is 9.37 Å². The lowest BCUT2D eigenvalue weighted by molar-refractivity contribution is 0.0941. The first-order valence-corrected chi connectivity index (χ1v) is 7.54. The highest BCUT2D eigenvalue weighted by atomic mass is 35.5. The largest absolute Gasteiger partial charge is 0.345 e. The van der Waals surface area contributed by atoms with E-state index in [-0.39, 0.29) is 16.9 Å². The molecule has 5 heteroatoms. The Hall–Kier alpha value is -2.46. The van der Waals surface area contributed by atoms with Gasteiger partial charge in [-0.15, -0.1) is 0 Å². The van der Waals surface area contributed by atoms with E-state index in [0.29, 0.717) is 22.0 Å². The topological polar surface area (TPSA) is 42.0 Å². The normalized spacial score (nSPS) is 12.1. The molecule has 1 aromatic heterocycles. The molecule has 0 saturated carbocycles. The van der Waals surface area contributed by atoms with E-state index in [0.717, 1.165) is 0 Å². The number of hydrogen-bond donors (Lipinski definition) is 1. The van der Waals surface area contributed by atoms with Crippen LogP contribution in [0.5, 0.6) is 0 Å². The molecule has 1 amide bonds. The Bertz CT molecular complexity index is 882. The molecule has 0 saturated heterocycles. The van der Waals surface area contributed by atoms with Crippen molar-refractivity contribution in [1.82, 2.24) is 10.3 Å². The Balaban J connectivity index is 1.94. The molecule has 0 aliphatic carbocycles. The number of benzene rings is 2. The molecule has 0 spiro atoms. The zero-order valence-corrected chi connectivity index (χ0v) is 13.1. The van der Waals surface area contributed by atoms with Gasteiger partial charge >= 0.3 is 0 Å². The number of fused-ring (bicyclic) bond motifs is 1. The number of halogens is 2. The van der Waals surface area contributed by atoms with Crippen LogP contribution in [-0.2, 0) is 0 Å². The van der Waals surface area contributed by atoms with E-state index in [1.54, 1.807) is 37.3 Å². The van der Waals surface area contributed by atoms with Gasteiger partial charge in [0.25, 0.3) is 5.91 Å². The van der Waals surface area contributed by atoms with Crippen molar-refractivity contribution in [1.29, 1.82) is 0 Å². The lowest BCUT2D eigenvalue weighted by atomic mass is 10.1. The highest BCUT2D eigenvalue weighted by Gasteiger charge is 2.17. The van der Waals surface area contributed by atoms with Gasteiger partial charge in [-0.1, -0.05) is 48.0 Å². The maximum Gasteiger partial charge on any atom is 0.252 e. The summed E-state index contributed by atoms with van der Waals surface area (Å²) in [5, 5.41) is 3.75. The monoisotopic (exact) mass is 328 g/mol. The van der Waals surface area contributed by atoms with Crippen molar-refractivity contribution in [2.45, 2.75) is 13.0 Å². The van der Waals surface area contributed by atoms with Gasteiger partial charge in [0.05, 0.1) is 17.1 Å². The van der Waals surface area contributed by atoms with Crippen molar-refractivity contribution in [2.24, 2.45) is 0 Å². The molecule has 1 atom stereocenters. The Morgan fingerprint density at radius 3 is 2.65 bits per heavy atom. The zero-order valence-electron chi connectivity index (χ0n) is 12.4. The van der Waals surface area contributed by atoms with Crippen LogP contribution >= 0.6 is 11.6 Å². The van der Waals surface area contributed by atoms with E-state index in [4.69, 9.17) is 11.6 Å². The first-order valence-electron chi connectivity index (χ1n) is 7.17. The van der Waals surface area contributed by atoms with Crippen LogP contribution in [0.15, 0.2) is 54.6 Å². The van der Waals surface area contributed by atoms with Crippen molar-refractivity contribution in [3.63, 3.8) is 0 Å². The fourth-order valence-corrected chi connectivity index (χ4v) is 2.71. The van der Waals surface area contributed by atoms with Crippen LogP contribution in [0.25, 0.3) is 10.9 Å². The molecule has 0 aliphatic rings. The minimum Gasteiger partial charge on any atom is -0.345 e. The molecule has 3 aromatic rings. The van der Waals surface area contributed by atoms with Gasteiger partial charge in [0.1, 0.15) is 11.0 Å². The Labute approximate surface area is 138 Å². The van der Waals surface area contributed by atoms with Crippen molar-refractivity contribution < 1.29 is 9.18 Å². The third-order valence-electron chi connectivity index (χ3n) is 3.65. The maximum absolute atomic E-state index is 13.8. The van der Waals surface area contributed by atoms with Crippen LogP contribution in [0.3, 0.4) is 0 Å².